The number of aromatic carboxylic acids is 1. The number of rotatable bonds is 6. The fourth-order valence-corrected chi connectivity index (χ4v) is 4.26. The van der Waals surface area contributed by atoms with Crippen molar-refractivity contribution >= 4 is 35.1 Å². The zero-order valence-corrected chi connectivity index (χ0v) is 17.8. The first kappa shape index (κ1) is 20.6. The van der Waals surface area contributed by atoms with Gasteiger partial charge in [-0.05, 0) is 55.0 Å². The summed E-state index contributed by atoms with van der Waals surface area (Å²) in [6, 6.07) is 15.5. The van der Waals surface area contributed by atoms with Crippen molar-refractivity contribution in [3.05, 3.63) is 87.2 Å². The van der Waals surface area contributed by atoms with Crippen LogP contribution in [0.3, 0.4) is 0 Å². The van der Waals surface area contributed by atoms with Crippen LogP contribution in [0.5, 0.6) is 0 Å². The maximum atomic E-state index is 11.7. The summed E-state index contributed by atoms with van der Waals surface area (Å²) < 4.78 is 0. The molecule has 2 heterocycles. The molecule has 1 aromatic heterocycles. The summed E-state index contributed by atoms with van der Waals surface area (Å²) >= 11 is 12.3. The molecule has 3 aromatic rings. The number of aryl methyl sites for hydroxylation is 2. The molecular formula is C23H21Cl2N3O2. The smallest absolute Gasteiger partial charge is 0.339 e. The highest BCUT2D eigenvalue weighted by Gasteiger charge is 2.29. The lowest BCUT2D eigenvalue weighted by molar-refractivity contribution is 0.0694. The zero-order chi connectivity index (χ0) is 21.1. The van der Waals surface area contributed by atoms with Gasteiger partial charge in [-0.15, -0.1) is 0 Å². The molecule has 1 atom stereocenters. The average molecular weight is 442 g/mol. The van der Waals surface area contributed by atoms with Crippen LogP contribution in [0, 0.1) is 0 Å². The lowest BCUT2D eigenvalue weighted by Gasteiger charge is -2.25. The van der Waals surface area contributed by atoms with Crippen LogP contribution >= 0.6 is 23.2 Å². The molecule has 2 aromatic carbocycles. The van der Waals surface area contributed by atoms with Crippen molar-refractivity contribution in [1.29, 1.82) is 0 Å². The van der Waals surface area contributed by atoms with Gasteiger partial charge in [0.1, 0.15) is 0 Å². The van der Waals surface area contributed by atoms with Gasteiger partial charge in [-0.25, -0.2) is 14.8 Å². The molecule has 0 bridgehead atoms. The molecule has 154 valence electrons. The van der Waals surface area contributed by atoms with Crippen molar-refractivity contribution in [1.82, 2.24) is 9.97 Å². The van der Waals surface area contributed by atoms with Crippen LogP contribution in [0.1, 0.15) is 46.1 Å². The Balaban J connectivity index is 1.62. The highest BCUT2D eigenvalue weighted by atomic mass is 35.5. The maximum absolute atomic E-state index is 11.7. The molecule has 0 spiro atoms. The Kier molecular flexibility index (Phi) is 6.21. The van der Waals surface area contributed by atoms with Crippen molar-refractivity contribution in [2.75, 3.05) is 11.4 Å². The Labute approximate surface area is 185 Å². The van der Waals surface area contributed by atoms with Crippen LogP contribution in [-0.4, -0.2) is 27.6 Å². The van der Waals surface area contributed by atoms with E-state index in [1.54, 1.807) is 0 Å². The Morgan fingerprint density at radius 2 is 1.87 bits per heavy atom. The molecule has 1 saturated heterocycles. The van der Waals surface area contributed by atoms with Crippen LogP contribution in [0.2, 0.25) is 10.0 Å². The van der Waals surface area contributed by atoms with E-state index in [-0.39, 0.29) is 11.6 Å². The second-order valence-corrected chi connectivity index (χ2v) is 8.17. The molecule has 1 fully saturated rings. The number of hydrogen-bond acceptors (Lipinski definition) is 4. The van der Waals surface area contributed by atoms with E-state index in [4.69, 9.17) is 23.2 Å². The lowest BCUT2D eigenvalue weighted by atomic mass is 10.0. The summed E-state index contributed by atoms with van der Waals surface area (Å²) in [4.78, 5) is 22.9. The number of carbonyl (C=O) groups is 1. The second kappa shape index (κ2) is 9.02. The van der Waals surface area contributed by atoms with Crippen molar-refractivity contribution in [2.24, 2.45) is 0 Å². The van der Waals surface area contributed by atoms with E-state index in [1.807, 2.05) is 48.5 Å². The number of anilines is 1. The molecular weight excluding hydrogens is 421 g/mol. The van der Waals surface area contributed by atoms with E-state index in [9.17, 15) is 9.90 Å². The number of benzene rings is 2. The quantitative estimate of drug-likeness (QED) is 0.538. The maximum Gasteiger partial charge on any atom is 0.339 e. The summed E-state index contributed by atoms with van der Waals surface area (Å²) in [7, 11) is 0. The largest absolute Gasteiger partial charge is 0.478 e. The highest BCUT2D eigenvalue weighted by molar-refractivity contribution is 6.31. The molecule has 0 radical (unpaired) electrons. The van der Waals surface area contributed by atoms with Crippen LogP contribution in [0.15, 0.2) is 54.7 Å². The number of hydrogen-bond donors (Lipinski definition) is 1. The summed E-state index contributed by atoms with van der Waals surface area (Å²) in [5.41, 5.74) is 2.78. The lowest BCUT2D eigenvalue weighted by Crippen LogP contribution is -2.25. The molecule has 0 aliphatic carbocycles. The van der Waals surface area contributed by atoms with Gasteiger partial charge in [-0.1, -0.05) is 53.5 Å². The molecule has 7 heteroatoms. The third kappa shape index (κ3) is 4.42. The second-order valence-electron chi connectivity index (χ2n) is 7.33. The van der Waals surface area contributed by atoms with Crippen LogP contribution in [0.25, 0.3) is 0 Å². The molecule has 0 saturated carbocycles. The zero-order valence-electron chi connectivity index (χ0n) is 16.3. The number of halogens is 2. The average Bonchev–Trinajstić information content (AvgIpc) is 3.23. The van der Waals surface area contributed by atoms with E-state index >= 15 is 0 Å². The Bertz CT molecular complexity index is 1060. The number of carboxylic acid groups (broad SMARTS) is 1. The summed E-state index contributed by atoms with van der Waals surface area (Å²) in [5.74, 6) is -0.460. The van der Waals surface area contributed by atoms with Gasteiger partial charge in [-0.3, -0.25) is 0 Å². The summed E-state index contributed by atoms with van der Waals surface area (Å²) in [6.45, 7) is 0.823. The molecule has 1 N–H and O–H groups in total. The molecule has 0 unspecified atom stereocenters. The highest BCUT2D eigenvalue weighted by Crippen LogP contribution is 2.35. The standard InChI is InChI=1S/C23H21Cl2N3O2/c24-17-10-7-16(8-11-17)21-6-3-13-28(21)23-26-14-18(22(29)30)20(27-23)12-9-15-4-1-2-5-19(15)25/h1-2,4-5,7-8,10-11,14,21H,3,6,9,12-13H2,(H,29,30)/t21-/m1/s1. The molecule has 5 nitrogen and oxygen atoms in total. The van der Waals surface area contributed by atoms with Crippen molar-refractivity contribution < 1.29 is 9.90 Å². The van der Waals surface area contributed by atoms with Gasteiger partial charge in [0.05, 0.1) is 17.3 Å². The van der Waals surface area contributed by atoms with E-state index in [0.29, 0.717) is 34.5 Å². The monoisotopic (exact) mass is 441 g/mol. The first-order chi connectivity index (χ1) is 14.5. The van der Waals surface area contributed by atoms with Crippen LogP contribution in [0.4, 0.5) is 5.95 Å². The Morgan fingerprint density at radius 1 is 1.10 bits per heavy atom. The Hall–Kier alpha value is -2.63. The molecule has 1 aliphatic rings. The SMILES string of the molecule is O=C(O)c1cnc(N2CCC[C@@H]2c2ccc(Cl)cc2)nc1CCc1ccccc1Cl. The number of aromatic nitrogens is 2. The van der Waals surface area contributed by atoms with Gasteiger partial charge in [0, 0.05) is 22.8 Å². The summed E-state index contributed by atoms with van der Waals surface area (Å²) in [5, 5.41) is 11.0. The summed E-state index contributed by atoms with van der Waals surface area (Å²) in [6.07, 6.45) is 4.51. The van der Waals surface area contributed by atoms with Crippen molar-refractivity contribution in [3.63, 3.8) is 0 Å². The van der Waals surface area contributed by atoms with E-state index in [2.05, 4.69) is 14.9 Å². The van der Waals surface area contributed by atoms with Gasteiger partial charge in [0.15, 0.2) is 0 Å². The van der Waals surface area contributed by atoms with Gasteiger partial charge in [0.25, 0.3) is 0 Å². The van der Waals surface area contributed by atoms with Gasteiger partial charge in [-0.2, -0.15) is 0 Å². The van der Waals surface area contributed by atoms with Gasteiger partial charge < -0.3 is 10.0 Å². The molecule has 1 aliphatic heterocycles. The van der Waals surface area contributed by atoms with E-state index < -0.39 is 5.97 Å². The predicted molar refractivity (Wildman–Crippen MR) is 119 cm³/mol. The molecule has 0 amide bonds. The fourth-order valence-electron chi connectivity index (χ4n) is 3.91. The van der Waals surface area contributed by atoms with Crippen molar-refractivity contribution in [3.8, 4) is 0 Å². The van der Waals surface area contributed by atoms with Crippen LogP contribution in [-0.2, 0) is 12.8 Å². The first-order valence-corrected chi connectivity index (χ1v) is 10.6. The third-order valence-corrected chi connectivity index (χ3v) is 6.06. The molecule has 4 rings (SSSR count). The van der Waals surface area contributed by atoms with E-state index in [1.165, 1.54) is 6.20 Å². The molecule has 30 heavy (non-hydrogen) atoms. The number of nitrogens with zero attached hydrogens (tertiary/aromatic N) is 3. The number of carboxylic acids is 1. The van der Waals surface area contributed by atoms with E-state index in [0.717, 1.165) is 30.5 Å². The Morgan fingerprint density at radius 3 is 2.60 bits per heavy atom. The minimum Gasteiger partial charge on any atom is -0.478 e. The fraction of sp³-hybridized carbons (Fsp3) is 0.261. The minimum absolute atomic E-state index is 0.132. The third-order valence-electron chi connectivity index (χ3n) is 5.44. The van der Waals surface area contributed by atoms with Gasteiger partial charge >= 0.3 is 5.97 Å². The van der Waals surface area contributed by atoms with Gasteiger partial charge in [0.2, 0.25) is 5.95 Å². The van der Waals surface area contributed by atoms with Crippen molar-refractivity contribution in [2.45, 2.75) is 31.7 Å². The topological polar surface area (TPSA) is 66.3 Å². The normalized spacial score (nSPS) is 16.1. The predicted octanol–water partition coefficient (Wildman–Crippen LogP) is 5.61. The van der Waals surface area contributed by atoms with Crippen LogP contribution < -0.4 is 4.90 Å². The minimum atomic E-state index is -1.02. The first-order valence-electron chi connectivity index (χ1n) is 9.87.